The first-order valence-corrected chi connectivity index (χ1v) is 6.76. The van der Waals surface area contributed by atoms with Crippen molar-refractivity contribution in [3.05, 3.63) is 30.5 Å². The number of rotatable bonds is 4. The normalized spacial score (nSPS) is 11.4. The van der Waals surface area contributed by atoms with Gasteiger partial charge in [-0.2, -0.15) is 0 Å². The highest BCUT2D eigenvalue weighted by molar-refractivity contribution is 7.89. The molecule has 2 aromatic rings. The van der Waals surface area contributed by atoms with E-state index in [0.717, 1.165) is 0 Å². The maximum Gasteiger partial charge on any atom is 0.255 e. The Morgan fingerprint density at radius 1 is 1.32 bits per heavy atom. The highest BCUT2D eigenvalue weighted by Crippen LogP contribution is 2.28. The van der Waals surface area contributed by atoms with Gasteiger partial charge in [0, 0.05) is 11.6 Å². The first kappa shape index (κ1) is 13.2. The molecular formula is C11H11N3O4S. The van der Waals surface area contributed by atoms with Gasteiger partial charge < -0.3 is 10.5 Å². The first-order chi connectivity index (χ1) is 8.89. The molecule has 1 amide bonds. The number of sulfonamides is 1. The lowest BCUT2D eigenvalue weighted by Gasteiger charge is -2.09. The van der Waals surface area contributed by atoms with Crippen molar-refractivity contribution < 1.29 is 17.9 Å². The van der Waals surface area contributed by atoms with Crippen LogP contribution >= 0.6 is 0 Å². The van der Waals surface area contributed by atoms with Crippen LogP contribution in [-0.2, 0) is 14.8 Å². The standard InChI is InChI=1S/C11H11N3O4S/c12-10(15)6-18-8-3-4-9(19(13,16)17)7-2-1-5-14-11(7)8/h1-5H,6H2,(H2,12,15)(H2,13,16,17). The van der Waals surface area contributed by atoms with Crippen LogP contribution in [0.4, 0.5) is 0 Å². The van der Waals surface area contributed by atoms with Crippen molar-refractivity contribution in [2.75, 3.05) is 6.61 Å². The van der Waals surface area contributed by atoms with Gasteiger partial charge in [0.25, 0.3) is 5.91 Å². The number of aromatic nitrogens is 1. The van der Waals surface area contributed by atoms with E-state index in [2.05, 4.69) is 4.98 Å². The minimum absolute atomic E-state index is 0.0537. The summed E-state index contributed by atoms with van der Waals surface area (Å²) in [5.74, 6) is -0.374. The van der Waals surface area contributed by atoms with Gasteiger partial charge in [-0.15, -0.1) is 0 Å². The number of primary amides is 1. The van der Waals surface area contributed by atoms with Crippen LogP contribution in [0.15, 0.2) is 35.4 Å². The summed E-state index contributed by atoms with van der Waals surface area (Å²) in [5.41, 5.74) is 5.28. The van der Waals surface area contributed by atoms with Gasteiger partial charge in [-0.1, -0.05) is 0 Å². The molecule has 0 aliphatic rings. The summed E-state index contributed by atoms with van der Waals surface area (Å²) in [7, 11) is -3.86. The van der Waals surface area contributed by atoms with E-state index in [9.17, 15) is 13.2 Å². The number of pyridine rings is 1. The number of amides is 1. The van der Waals surface area contributed by atoms with Gasteiger partial charge in [0.15, 0.2) is 6.61 Å². The molecule has 0 atom stereocenters. The van der Waals surface area contributed by atoms with Gasteiger partial charge in [0.1, 0.15) is 11.3 Å². The average molecular weight is 281 g/mol. The van der Waals surface area contributed by atoms with Crippen LogP contribution in [0.5, 0.6) is 5.75 Å². The molecule has 100 valence electrons. The third kappa shape index (κ3) is 2.80. The van der Waals surface area contributed by atoms with E-state index in [1.807, 2.05) is 0 Å². The van der Waals surface area contributed by atoms with Crippen LogP contribution in [0, 0.1) is 0 Å². The lowest BCUT2D eigenvalue weighted by molar-refractivity contribution is -0.119. The Bertz CT molecular complexity index is 743. The van der Waals surface area contributed by atoms with Crippen LogP contribution in [0.3, 0.4) is 0 Å². The molecular weight excluding hydrogens is 270 g/mol. The molecule has 0 aliphatic heterocycles. The molecule has 19 heavy (non-hydrogen) atoms. The highest BCUT2D eigenvalue weighted by Gasteiger charge is 2.16. The molecule has 1 aromatic carbocycles. The molecule has 0 radical (unpaired) electrons. The second kappa shape index (κ2) is 4.82. The third-order valence-electron chi connectivity index (χ3n) is 2.37. The molecule has 7 nitrogen and oxygen atoms in total. The Morgan fingerprint density at radius 2 is 2.05 bits per heavy atom. The summed E-state index contributed by atoms with van der Waals surface area (Å²) >= 11 is 0. The van der Waals surface area contributed by atoms with Crippen molar-refractivity contribution >= 4 is 26.8 Å². The van der Waals surface area contributed by atoms with Crippen molar-refractivity contribution in [3.63, 3.8) is 0 Å². The number of carbonyl (C=O) groups is 1. The lowest BCUT2D eigenvalue weighted by atomic mass is 10.2. The Kier molecular flexibility index (Phi) is 3.36. The van der Waals surface area contributed by atoms with Crippen LogP contribution in [-0.4, -0.2) is 25.9 Å². The number of fused-ring (bicyclic) bond motifs is 1. The van der Waals surface area contributed by atoms with E-state index >= 15 is 0 Å². The van der Waals surface area contributed by atoms with Crippen molar-refractivity contribution in [1.82, 2.24) is 4.98 Å². The summed E-state index contributed by atoms with van der Waals surface area (Å²) in [6.45, 7) is -0.319. The summed E-state index contributed by atoms with van der Waals surface area (Å²) in [6, 6.07) is 5.82. The molecule has 0 saturated heterocycles. The van der Waals surface area contributed by atoms with E-state index in [1.54, 1.807) is 12.1 Å². The molecule has 8 heteroatoms. The average Bonchev–Trinajstić information content (AvgIpc) is 2.34. The minimum atomic E-state index is -3.86. The number of benzene rings is 1. The second-order valence-electron chi connectivity index (χ2n) is 3.76. The van der Waals surface area contributed by atoms with Crippen LogP contribution < -0.4 is 15.6 Å². The summed E-state index contributed by atoms with van der Waals surface area (Å²) in [4.78, 5) is 14.7. The zero-order valence-electron chi connectivity index (χ0n) is 9.74. The molecule has 0 saturated carbocycles. The zero-order valence-corrected chi connectivity index (χ0v) is 10.6. The Hall–Kier alpha value is -2.19. The fraction of sp³-hybridized carbons (Fsp3) is 0.0909. The first-order valence-electron chi connectivity index (χ1n) is 5.21. The second-order valence-corrected chi connectivity index (χ2v) is 5.29. The van der Waals surface area contributed by atoms with Crippen molar-refractivity contribution in [1.29, 1.82) is 0 Å². The summed E-state index contributed by atoms with van der Waals surface area (Å²) in [6.07, 6.45) is 1.48. The van der Waals surface area contributed by atoms with Crippen LogP contribution in [0.2, 0.25) is 0 Å². The van der Waals surface area contributed by atoms with Gasteiger partial charge in [0.2, 0.25) is 10.0 Å². The fourth-order valence-electron chi connectivity index (χ4n) is 1.63. The zero-order chi connectivity index (χ0) is 14.0. The maximum atomic E-state index is 11.5. The van der Waals surface area contributed by atoms with Crippen LogP contribution in [0.25, 0.3) is 10.9 Å². The molecule has 1 heterocycles. The largest absolute Gasteiger partial charge is 0.481 e. The van der Waals surface area contributed by atoms with Gasteiger partial charge in [-0.05, 0) is 24.3 Å². The summed E-state index contributed by atoms with van der Waals surface area (Å²) in [5, 5.41) is 5.45. The number of primary sulfonamides is 1. The van der Waals surface area contributed by atoms with Gasteiger partial charge in [-0.3, -0.25) is 9.78 Å². The fourth-order valence-corrected chi connectivity index (χ4v) is 2.36. The number of nitrogens with zero attached hydrogens (tertiary/aromatic N) is 1. The van der Waals surface area contributed by atoms with Crippen LogP contribution in [0.1, 0.15) is 0 Å². The van der Waals surface area contributed by atoms with Crippen molar-refractivity contribution in [3.8, 4) is 5.75 Å². The van der Waals surface area contributed by atoms with E-state index in [0.29, 0.717) is 10.9 Å². The number of ether oxygens (including phenoxy) is 1. The van der Waals surface area contributed by atoms with E-state index in [4.69, 9.17) is 15.6 Å². The predicted molar refractivity (Wildman–Crippen MR) is 67.8 cm³/mol. The predicted octanol–water partition coefficient (Wildman–Crippen LogP) is -0.254. The highest BCUT2D eigenvalue weighted by atomic mass is 32.2. The topological polar surface area (TPSA) is 125 Å². The Labute approximate surface area is 109 Å². The number of nitrogens with two attached hydrogens (primary N) is 2. The number of carbonyl (C=O) groups excluding carboxylic acids is 1. The molecule has 4 N–H and O–H groups in total. The minimum Gasteiger partial charge on any atom is -0.481 e. The molecule has 0 spiro atoms. The molecule has 0 fully saturated rings. The molecule has 0 unspecified atom stereocenters. The summed E-state index contributed by atoms with van der Waals surface area (Å²) < 4.78 is 28.1. The molecule has 0 aliphatic carbocycles. The Balaban J connectivity index is 2.62. The van der Waals surface area contributed by atoms with Crippen molar-refractivity contribution in [2.24, 2.45) is 10.9 Å². The quantitative estimate of drug-likeness (QED) is 0.799. The maximum absolute atomic E-state index is 11.5. The lowest BCUT2D eigenvalue weighted by Crippen LogP contribution is -2.20. The van der Waals surface area contributed by atoms with E-state index < -0.39 is 15.9 Å². The number of hydrogen-bond donors (Lipinski definition) is 2. The smallest absolute Gasteiger partial charge is 0.255 e. The van der Waals surface area contributed by atoms with E-state index in [-0.39, 0.29) is 17.3 Å². The van der Waals surface area contributed by atoms with Gasteiger partial charge >= 0.3 is 0 Å². The van der Waals surface area contributed by atoms with Crippen molar-refractivity contribution in [2.45, 2.75) is 4.90 Å². The number of hydrogen-bond acceptors (Lipinski definition) is 5. The van der Waals surface area contributed by atoms with E-state index in [1.165, 1.54) is 18.3 Å². The molecule has 2 rings (SSSR count). The van der Waals surface area contributed by atoms with Gasteiger partial charge in [-0.25, -0.2) is 13.6 Å². The molecule has 1 aromatic heterocycles. The van der Waals surface area contributed by atoms with Gasteiger partial charge in [0.05, 0.1) is 4.90 Å². The monoisotopic (exact) mass is 281 g/mol. The third-order valence-corrected chi connectivity index (χ3v) is 3.34. The Morgan fingerprint density at radius 3 is 2.68 bits per heavy atom. The SMILES string of the molecule is NC(=O)COc1ccc(S(N)(=O)=O)c2cccnc12. The molecule has 0 bridgehead atoms.